The summed E-state index contributed by atoms with van der Waals surface area (Å²) < 4.78 is 6.07. The summed E-state index contributed by atoms with van der Waals surface area (Å²) >= 11 is 0. The van der Waals surface area contributed by atoms with Gasteiger partial charge in [0.05, 0.1) is 0 Å². The van der Waals surface area contributed by atoms with E-state index in [4.69, 9.17) is 4.74 Å². The van der Waals surface area contributed by atoms with E-state index in [1.165, 1.54) is 5.56 Å². The van der Waals surface area contributed by atoms with E-state index in [1.807, 2.05) is 0 Å². The molecule has 0 heterocycles. The Morgan fingerprint density at radius 3 is 2.37 bits per heavy atom. The third kappa shape index (κ3) is 4.87. The zero-order valence-corrected chi connectivity index (χ0v) is 13.1. The van der Waals surface area contributed by atoms with Gasteiger partial charge in [0, 0.05) is 6.04 Å². The van der Waals surface area contributed by atoms with Crippen LogP contribution >= 0.6 is 0 Å². The predicted octanol–water partition coefficient (Wildman–Crippen LogP) is 4.21. The summed E-state index contributed by atoms with van der Waals surface area (Å²) in [5.41, 5.74) is 1.32. The molecule has 0 aliphatic rings. The van der Waals surface area contributed by atoms with Gasteiger partial charge < -0.3 is 10.1 Å². The molecule has 1 aromatic rings. The highest BCUT2D eigenvalue weighted by atomic mass is 16.5. The highest BCUT2D eigenvalue weighted by Gasteiger charge is 2.15. The number of hydrogen-bond donors (Lipinski definition) is 1. The molecule has 0 radical (unpaired) electrons. The van der Waals surface area contributed by atoms with Gasteiger partial charge in [-0.1, -0.05) is 52.8 Å². The summed E-state index contributed by atoms with van der Waals surface area (Å²) in [6, 6.07) is 8.83. The maximum Gasteiger partial charge on any atom is 0.122 e. The van der Waals surface area contributed by atoms with Gasteiger partial charge in [-0.25, -0.2) is 0 Å². The molecular formula is C17H29NO. The number of benzene rings is 1. The van der Waals surface area contributed by atoms with Crippen molar-refractivity contribution in [3.63, 3.8) is 0 Å². The van der Waals surface area contributed by atoms with Crippen LogP contribution < -0.4 is 10.1 Å². The summed E-state index contributed by atoms with van der Waals surface area (Å²) in [5.74, 6) is 2.17. The van der Waals surface area contributed by atoms with Crippen LogP contribution in [0.25, 0.3) is 0 Å². The van der Waals surface area contributed by atoms with Crippen molar-refractivity contribution in [2.75, 3.05) is 13.2 Å². The first kappa shape index (κ1) is 16.0. The van der Waals surface area contributed by atoms with E-state index < -0.39 is 0 Å². The number of nitrogens with one attached hydrogen (secondary N) is 1. The van der Waals surface area contributed by atoms with E-state index >= 15 is 0 Å². The molecule has 2 heteroatoms. The van der Waals surface area contributed by atoms with Crippen molar-refractivity contribution in [1.29, 1.82) is 0 Å². The summed E-state index contributed by atoms with van der Waals surface area (Å²) in [5, 5.41) is 3.49. The second-order valence-corrected chi connectivity index (χ2v) is 5.57. The Kier molecular flexibility index (Phi) is 6.93. The number of para-hydroxylation sites is 1. The number of hydrogen-bond acceptors (Lipinski definition) is 2. The van der Waals surface area contributed by atoms with Gasteiger partial charge in [0.25, 0.3) is 0 Å². The normalized spacial score (nSPS) is 14.4. The van der Waals surface area contributed by atoms with Crippen LogP contribution in [0.2, 0.25) is 0 Å². The first-order chi connectivity index (χ1) is 9.10. The zero-order valence-electron chi connectivity index (χ0n) is 13.1. The third-order valence-corrected chi connectivity index (χ3v) is 3.75. The summed E-state index contributed by atoms with van der Waals surface area (Å²) in [6.07, 6.45) is 1.14. The van der Waals surface area contributed by atoms with E-state index in [9.17, 15) is 0 Å². The first-order valence-corrected chi connectivity index (χ1v) is 7.55. The van der Waals surface area contributed by atoms with Gasteiger partial charge in [-0.3, -0.25) is 0 Å². The average Bonchev–Trinajstić information content (AvgIpc) is 2.42. The second kappa shape index (κ2) is 8.21. The molecule has 0 aliphatic carbocycles. The maximum absolute atomic E-state index is 6.07. The van der Waals surface area contributed by atoms with Crippen molar-refractivity contribution >= 4 is 0 Å². The van der Waals surface area contributed by atoms with Crippen LogP contribution in [0, 0.1) is 5.92 Å². The third-order valence-electron chi connectivity index (χ3n) is 3.75. The van der Waals surface area contributed by atoms with Crippen molar-refractivity contribution in [1.82, 2.24) is 5.32 Å². The molecule has 0 aromatic heterocycles. The molecule has 0 saturated heterocycles. The van der Waals surface area contributed by atoms with Crippen molar-refractivity contribution in [2.45, 2.75) is 53.0 Å². The molecule has 1 aromatic carbocycles. The Morgan fingerprint density at radius 1 is 1.11 bits per heavy atom. The Balaban J connectivity index is 2.71. The van der Waals surface area contributed by atoms with Crippen LogP contribution in [-0.4, -0.2) is 19.2 Å². The molecule has 19 heavy (non-hydrogen) atoms. The van der Waals surface area contributed by atoms with Crippen LogP contribution in [0.15, 0.2) is 24.3 Å². The summed E-state index contributed by atoms with van der Waals surface area (Å²) in [7, 11) is 0. The lowest BCUT2D eigenvalue weighted by molar-refractivity contribution is 0.230. The smallest absolute Gasteiger partial charge is 0.122 e. The van der Waals surface area contributed by atoms with Crippen LogP contribution in [0.5, 0.6) is 5.75 Å². The summed E-state index contributed by atoms with van der Waals surface area (Å²) in [4.78, 5) is 0. The Hall–Kier alpha value is -1.02. The van der Waals surface area contributed by atoms with Crippen LogP contribution in [0.1, 0.15) is 52.5 Å². The summed E-state index contributed by atoms with van der Waals surface area (Å²) in [6.45, 7) is 12.8. The largest absolute Gasteiger partial charge is 0.492 e. The van der Waals surface area contributed by atoms with Gasteiger partial charge in [0.15, 0.2) is 0 Å². The standard InChI is InChI=1S/C17H29NO/c1-6-14(5)15-10-8-9-11-17(15)19-12-16(13(3)4)18-7-2/h8-11,13-14,16,18H,6-7,12H2,1-5H3. The lowest BCUT2D eigenvalue weighted by Crippen LogP contribution is -2.38. The van der Waals surface area contributed by atoms with Gasteiger partial charge in [-0.05, 0) is 36.4 Å². The maximum atomic E-state index is 6.07. The highest BCUT2D eigenvalue weighted by molar-refractivity contribution is 5.35. The van der Waals surface area contributed by atoms with Gasteiger partial charge >= 0.3 is 0 Å². The topological polar surface area (TPSA) is 21.3 Å². The molecule has 2 nitrogen and oxygen atoms in total. The SMILES string of the molecule is CCNC(COc1ccccc1C(C)CC)C(C)C. The molecule has 0 bridgehead atoms. The van der Waals surface area contributed by atoms with Gasteiger partial charge in [0.1, 0.15) is 12.4 Å². The van der Waals surface area contributed by atoms with Crippen LogP contribution in [-0.2, 0) is 0 Å². The molecule has 2 unspecified atom stereocenters. The van der Waals surface area contributed by atoms with Gasteiger partial charge in [0.2, 0.25) is 0 Å². The minimum Gasteiger partial charge on any atom is -0.492 e. The second-order valence-electron chi connectivity index (χ2n) is 5.57. The molecule has 0 amide bonds. The minimum atomic E-state index is 0.412. The predicted molar refractivity (Wildman–Crippen MR) is 82.9 cm³/mol. The average molecular weight is 263 g/mol. The number of likely N-dealkylation sites (N-methyl/N-ethyl adjacent to an activating group) is 1. The van der Waals surface area contributed by atoms with Crippen molar-refractivity contribution in [2.24, 2.45) is 5.92 Å². The van der Waals surface area contributed by atoms with Crippen molar-refractivity contribution in [3.8, 4) is 5.75 Å². The zero-order chi connectivity index (χ0) is 14.3. The highest BCUT2D eigenvalue weighted by Crippen LogP contribution is 2.28. The lowest BCUT2D eigenvalue weighted by atomic mass is 9.98. The molecule has 0 saturated carbocycles. The van der Waals surface area contributed by atoms with Gasteiger partial charge in [-0.15, -0.1) is 0 Å². The van der Waals surface area contributed by atoms with E-state index in [1.54, 1.807) is 0 Å². The van der Waals surface area contributed by atoms with E-state index in [0.717, 1.165) is 25.3 Å². The molecular weight excluding hydrogens is 234 g/mol. The van der Waals surface area contributed by atoms with Crippen molar-refractivity contribution < 1.29 is 4.74 Å². The van der Waals surface area contributed by atoms with Crippen LogP contribution in [0.3, 0.4) is 0 Å². The molecule has 0 aliphatic heterocycles. The van der Waals surface area contributed by atoms with Crippen LogP contribution in [0.4, 0.5) is 0 Å². The Labute approximate surface area is 118 Å². The molecule has 1 rings (SSSR count). The van der Waals surface area contributed by atoms with Crippen molar-refractivity contribution in [3.05, 3.63) is 29.8 Å². The van der Waals surface area contributed by atoms with E-state index in [2.05, 4.69) is 64.2 Å². The first-order valence-electron chi connectivity index (χ1n) is 7.55. The Bertz CT molecular complexity index is 362. The van der Waals surface area contributed by atoms with E-state index in [0.29, 0.717) is 17.9 Å². The lowest BCUT2D eigenvalue weighted by Gasteiger charge is -2.23. The molecule has 0 fully saturated rings. The van der Waals surface area contributed by atoms with E-state index in [-0.39, 0.29) is 0 Å². The minimum absolute atomic E-state index is 0.412. The number of ether oxygens (including phenoxy) is 1. The molecule has 2 atom stereocenters. The molecule has 0 spiro atoms. The number of rotatable bonds is 8. The van der Waals surface area contributed by atoms with Gasteiger partial charge in [-0.2, -0.15) is 0 Å². The fourth-order valence-electron chi connectivity index (χ4n) is 2.17. The fourth-order valence-corrected chi connectivity index (χ4v) is 2.17. The monoisotopic (exact) mass is 263 g/mol. The molecule has 1 N–H and O–H groups in total. The quantitative estimate of drug-likeness (QED) is 0.758. The fraction of sp³-hybridized carbons (Fsp3) is 0.647. The Morgan fingerprint density at radius 2 is 1.79 bits per heavy atom. The molecule has 108 valence electrons.